The van der Waals surface area contributed by atoms with E-state index in [1.165, 1.54) is 9.58 Å². The molecule has 0 aliphatic heterocycles. The molecule has 1 heterocycles. The summed E-state index contributed by atoms with van der Waals surface area (Å²) in [6.07, 6.45) is 0.114. The quantitative estimate of drug-likeness (QED) is 0.421. The molecule has 0 radical (unpaired) electrons. The number of halogens is 2. The Balaban J connectivity index is 1.71. The van der Waals surface area contributed by atoms with Gasteiger partial charge in [-0.25, -0.2) is 9.48 Å². The van der Waals surface area contributed by atoms with Crippen LogP contribution in [-0.4, -0.2) is 34.8 Å². The standard InChI is InChI=1S/C24H22Cl2N4O3/c1-16-7-9-18(10-8-16)14-30-23(26)22(17(2)28-30)24(32)33-15-21(31)29(12-4-11-27)20-6-3-5-19(25)13-20/h3,5-10,13H,4,12,14-15H2,1-2H3. The molecule has 0 bridgehead atoms. The van der Waals surface area contributed by atoms with Crippen LogP contribution < -0.4 is 4.90 Å². The van der Waals surface area contributed by atoms with Crippen LogP contribution >= 0.6 is 23.2 Å². The Morgan fingerprint density at radius 2 is 1.88 bits per heavy atom. The average Bonchev–Trinajstić information content (AvgIpc) is 3.06. The largest absolute Gasteiger partial charge is 0.452 e. The van der Waals surface area contributed by atoms with Gasteiger partial charge in [-0.2, -0.15) is 10.4 Å². The first-order chi connectivity index (χ1) is 15.8. The third-order valence-corrected chi connectivity index (χ3v) is 5.54. The van der Waals surface area contributed by atoms with Crippen molar-refractivity contribution >= 4 is 40.8 Å². The zero-order valence-corrected chi connectivity index (χ0v) is 19.7. The van der Waals surface area contributed by atoms with Crippen LogP contribution in [0.5, 0.6) is 0 Å². The summed E-state index contributed by atoms with van der Waals surface area (Å²) in [6, 6.07) is 16.6. The molecule has 7 nitrogen and oxygen atoms in total. The molecule has 1 amide bonds. The van der Waals surface area contributed by atoms with Crippen molar-refractivity contribution in [3.8, 4) is 6.07 Å². The minimum absolute atomic E-state index is 0.114. The number of aryl methyl sites for hydroxylation is 2. The van der Waals surface area contributed by atoms with Crippen LogP contribution in [0.2, 0.25) is 10.2 Å². The number of nitriles is 1. The summed E-state index contributed by atoms with van der Waals surface area (Å²) in [5, 5.41) is 13.9. The molecular formula is C24H22Cl2N4O3. The molecule has 0 fully saturated rings. The lowest BCUT2D eigenvalue weighted by Crippen LogP contribution is -2.35. The number of ether oxygens (including phenoxy) is 1. The highest BCUT2D eigenvalue weighted by molar-refractivity contribution is 6.32. The molecule has 0 spiro atoms. The lowest BCUT2D eigenvalue weighted by molar-refractivity contribution is -0.121. The number of anilines is 1. The summed E-state index contributed by atoms with van der Waals surface area (Å²) in [6.45, 7) is 3.67. The first kappa shape index (κ1) is 24.3. The van der Waals surface area contributed by atoms with E-state index >= 15 is 0 Å². The van der Waals surface area contributed by atoms with Gasteiger partial charge in [-0.1, -0.05) is 59.1 Å². The molecule has 2 aromatic carbocycles. The van der Waals surface area contributed by atoms with Crippen LogP contribution in [0, 0.1) is 25.2 Å². The molecule has 0 aliphatic rings. The van der Waals surface area contributed by atoms with Crippen LogP contribution in [-0.2, 0) is 16.1 Å². The Kier molecular flexibility index (Phi) is 8.10. The zero-order valence-electron chi connectivity index (χ0n) is 18.2. The molecule has 3 rings (SSSR count). The highest BCUT2D eigenvalue weighted by Crippen LogP contribution is 2.23. The van der Waals surface area contributed by atoms with E-state index in [1.54, 1.807) is 31.2 Å². The van der Waals surface area contributed by atoms with Gasteiger partial charge in [-0.15, -0.1) is 0 Å². The van der Waals surface area contributed by atoms with Gasteiger partial charge in [0.25, 0.3) is 5.91 Å². The summed E-state index contributed by atoms with van der Waals surface area (Å²) in [5.41, 5.74) is 3.15. The van der Waals surface area contributed by atoms with E-state index < -0.39 is 18.5 Å². The maximum absolute atomic E-state index is 12.8. The maximum atomic E-state index is 12.8. The third-order valence-electron chi connectivity index (χ3n) is 4.92. The Hall–Kier alpha value is -3.34. The Morgan fingerprint density at radius 1 is 1.15 bits per heavy atom. The van der Waals surface area contributed by atoms with E-state index in [4.69, 9.17) is 33.2 Å². The minimum atomic E-state index is -0.743. The van der Waals surface area contributed by atoms with Crippen LogP contribution in [0.3, 0.4) is 0 Å². The molecule has 9 heteroatoms. The monoisotopic (exact) mass is 484 g/mol. The van der Waals surface area contributed by atoms with Gasteiger partial charge in [0.2, 0.25) is 0 Å². The normalized spacial score (nSPS) is 10.5. The van der Waals surface area contributed by atoms with Crippen LogP contribution in [0.4, 0.5) is 5.69 Å². The number of carbonyl (C=O) groups is 2. The molecule has 170 valence electrons. The predicted octanol–water partition coefficient (Wildman–Crippen LogP) is 4.96. The molecule has 0 unspecified atom stereocenters. The summed E-state index contributed by atoms with van der Waals surface area (Å²) in [4.78, 5) is 26.9. The van der Waals surface area contributed by atoms with Gasteiger partial charge in [-0.05, 0) is 37.6 Å². The number of hydrogen-bond acceptors (Lipinski definition) is 5. The fourth-order valence-corrected chi connectivity index (χ4v) is 3.73. The lowest BCUT2D eigenvalue weighted by Gasteiger charge is -2.21. The van der Waals surface area contributed by atoms with Gasteiger partial charge in [0.15, 0.2) is 6.61 Å². The van der Waals surface area contributed by atoms with E-state index in [0.717, 1.165) is 11.1 Å². The van der Waals surface area contributed by atoms with Crippen molar-refractivity contribution in [1.29, 1.82) is 5.26 Å². The summed E-state index contributed by atoms with van der Waals surface area (Å²) in [7, 11) is 0. The number of carbonyl (C=O) groups excluding carboxylic acids is 2. The van der Waals surface area contributed by atoms with Gasteiger partial charge in [-0.3, -0.25) is 4.79 Å². The van der Waals surface area contributed by atoms with E-state index in [-0.39, 0.29) is 23.7 Å². The van der Waals surface area contributed by atoms with Crippen LogP contribution in [0.25, 0.3) is 0 Å². The second-order valence-corrected chi connectivity index (χ2v) is 8.20. The molecule has 33 heavy (non-hydrogen) atoms. The molecule has 0 aliphatic carbocycles. The first-order valence-corrected chi connectivity index (χ1v) is 10.9. The number of esters is 1. The van der Waals surface area contributed by atoms with Crippen molar-refractivity contribution in [2.75, 3.05) is 18.1 Å². The van der Waals surface area contributed by atoms with Gasteiger partial charge in [0.05, 0.1) is 24.7 Å². The highest BCUT2D eigenvalue weighted by Gasteiger charge is 2.24. The van der Waals surface area contributed by atoms with Gasteiger partial charge >= 0.3 is 5.97 Å². The number of aromatic nitrogens is 2. The molecular weight excluding hydrogens is 463 g/mol. The lowest BCUT2D eigenvalue weighted by atomic mass is 10.1. The first-order valence-electron chi connectivity index (χ1n) is 10.2. The number of amides is 1. The molecule has 1 aromatic heterocycles. The van der Waals surface area contributed by atoms with Crippen molar-refractivity contribution in [2.45, 2.75) is 26.8 Å². The maximum Gasteiger partial charge on any atom is 0.343 e. The number of benzene rings is 2. The number of rotatable bonds is 8. The molecule has 3 aromatic rings. The minimum Gasteiger partial charge on any atom is -0.452 e. The SMILES string of the molecule is Cc1ccc(Cn2nc(C)c(C(=O)OCC(=O)N(CCC#N)c3cccc(Cl)c3)c2Cl)cc1. The van der Waals surface area contributed by atoms with Crippen molar-refractivity contribution < 1.29 is 14.3 Å². The fraction of sp³-hybridized carbons (Fsp3) is 0.250. The molecule has 0 N–H and O–H groups in total. The zero-order chi connectivity index (χ0) is 24.0. The Morgan fingerprint density at radius 3 is 2.55 bits per heavy atom. The second-order valence-electron chi connectivity index (χ2n) is 7.40. The number of nitrogens with zero attached hydrogens (tertiary/aromatic N) is 4. The van der Waals surface area contributed by atoms with Crippen molar-refractivity contribution in [3.05, 3.63) is 81.1 Å². The van der Waals surface area contributed by atoms with Crippen LogP contribution in [0.1, 0.15) is 33.6 Å². The van der Waals surface area contributed by atoms with Gasteiger partial charge in [0, 0.05) is 17.3 Å². The van der Waals surface area contributed by atoms with E-state index in [0.29, 0.717) is 22.9 Å². The average molecular weight is 485 g/mol. The second kappa shape index (κ2) is 11.0. The van der Waals surface area contributed by atoms with E-state index in [1.807, 2.05) is 37.3 Å². The summed E-state index contributed by atoms with van der Waals surface area (Å²) < 4.78 is 6.78. The predicted molar refractivity (Wildman–Crippen MR) is 127 cm³/mol. The van der Waals surface area contributed by atoms with Gasteiger partial charge in [0.1, 0.15) is 10.7 Å². The molecule has 0 saturated carbocycles. The van der Waals surface area contributed by atoms with Crippen LogP contribution in [0.15, 0.2) is 48.5 Å². The third kappa shape index (κ3) is 6.13. The summed E-state index contributed by atoms with van der Waals surface area (Å²) in [5.74, 6) is -1.23. The summed E-state index contributed by atoms with van der Waals surface area (Å²) >= 11 is 12.4. The molecule has 0 atom stereocenters. The Bertz CT molecular complexity index is 1200. The van der Waals surface area contributed by atoms with E-state index in [2.05, 4.69) is 5.10 Å². The highest BCUT2D eigenvalue weighted by atomic mass is 35.5. The molecule has 0 saturated heterocycles. The van der Waals surface area contributed by atoms with Gasteiger partial charge < -0.3 is 9.64 Å². The topological polar surface area (TPSA) is 88.2 Å². The van der Waals surface area contributed by atoms with Crippen molar-refractivity contribution in [1.82, 2.24) is 9.78 Å². The van der Waals surface area contributed by atoms with Crippen molar-refractivity contribution in [3.63, 3.8) is 0 Å². The van der Waals surface area contributed by atoms with E-state index in [9.17, 15) is 9.59 Å². The number of hydrogen-bond donors (Lipinski definition) is 0. The Labute approximate surface area is 202 Å². The fourth-order valence-electron chi connectivity index (χ4n) is 3.24. The smallest absolute Gasteiger partial charge is 0.343 e. The van der Waals surface area contributed by atoms with Crippen molar-refractivity contribution in [2.24, 2.45) is 0 Å².